The summed E-state index contributed by atoms with van der Waals surface area (Å²) < 4.78 is 6.24. The van der Waals surface area contributed by atoms with Crippen molar-refractivity contribution < 1.29 is 4.42 Å². The Kier molecular flexibility index (Phi) is 7.35. The highest BCUT2D eigenvalue weighted by atomic mass is 32.2. The minimum Gasteiger partial charge on any atom is -0.456 e. The molecule has 258 valence electrons. The van der Waals surface area contributed by atoms with E-state index in [-0.39, 0.29) is 0 Å². The summed E-state index contributed by atoms with van der Waals surface area (Å²) in [5.74, 6) is 1.94. The van der Waals surface area contributed by atoms with Gasteiger partial charge in [-0.2, -0.15) is 0 Å². The molecule has 10 aromatic rings. The Morgan fingerprint density at radius 2 is 1.05 bits per heavy atom. The number of benzene rings is 8. The Morgan fingerprint density at radius 3 is 1.82 bits per heavy atom. The van der Waals surface area contributed by atoms with Gasteiger partial charge in [0.05, 0.1) is 5.69 Å². The molecule has 0 N–H and O–H groups in total. The Labute approximate surface area is 321 Å². The van der Waals surface area contributed by atoms with Crippen LogP contribution >= 0.6 is 11.8 Å². The van der Waals surface area contributed by atoms with E-state index >= 15 is 0 Å². The van der Waals surface area contributed by atoms with Crippen molar-refractivity contribution in [1.29, 1.82) is 0 Å². The zero-order valence-corrected chi connectivity index (χ0v) is 30.2. The van der Waals surface area contributed by atoms with E-state index in [4.69, 9.17) is 19.4 Å². The molecule has 55 heavy (non-hydrogen) atoms. The predicted octanol–water partition coefficient (Wildman–Crippen LogP) is 13.5. The summed E-state index contributed by atoms with van der Waals surface area (Å²) in [6.07, 6.45) is 0. The van der Waals surface area contributed by atoms with Crippen LogP contribution in [0.15, 0.2) is 196 Å². The number of anilines is 3. The lowest BCUT2D eigenvalue weighted by atomic mass is 9.93. The van der Waals surface area contributed by atoms with Gasteiger partial charge in [0.2, 0.25) is 0 Å². The second-order valence-corrected chi connectivity index (χ2v) is 14.7. The second kappa shape index (κ2) is 12.8. The SMILES string of the molecule is c1ccc(-c2nc(-c3ccccc3)nc(-c3ccc4c5c(cccc35)-c3c(cccc3N(c3ccccc3)c3ccc5oc6ccccc6c5c3)S4)n2)cc1. The van der Waals surface area contributed by atoms with E-state index in [0.29, 0.717) is 17.5 Å². The average molecular weight is 723 g/mol. The van der Waals surface area contributed by atoms with Gasteiger partial charge < -0.3 is 9.32 Å². The molecule has 3 heterocycles. The molecular weight excluding hydrogens is 693 g/mol. The third-order valence-electron chi connectivity index (χ3n) is 10.3. The van der Waals surface area contributed by atoms with E-state index in [9.17, 15) is 0 Å². The van der Waals surface area contributed by atoms with E-state index in [0.717, 1.165) is 61.1 Å². The van der Waals surface area contributed by atoms with Crippen LogP contribution in [0.25, 0.3) is 78.0 Å². The standard InChI is InChI=1S/C49H30N4OS/c1-4-14-31(15-5-1)47-50-48(32-16-6-2-7-17-32)52-49(51-47)37-27-29-44-45-36(37)21-12-22-38(45)46-40(23-13-25-43(46)55-44)53(33-18-8-3-9-19-33)34-26-28-42-39(30-34)35-20-10-11-24-41(35)54-42/h1-30H. The molecule has 8 aromatic carbocycles. The fraction of sp³-hybridized carbons (Fsp3) is 0. The number of aromatic nitrogens is 3. The first kappa shape index (κ1) is 31.5. The van der Waals surface area contributed by atoms with Crippen LogP contribution in [0.4, 0.5) is 17.1 Å². The Hall–Kier alpha value is -7.02. The minimum absolute atomic E-state index is 0.645. The lowest BCUT2D eigenvalue weighted by Crippen LogP contribution is -2.12. The van der Waals surface area contributed by atoms with Crippen molar-refractivity contribution in [2.24, 2.45) is 0 Å². The molecule has 0 unspecified atom stereocenters. The van der Waals surface area contributed by atoms with Gasteiger partial charge >= 0.3 is 0 Å². The van der Waals surface area contributed by atoms with Gasteiger partial charge in [0.1, 0.15) is 11.2 Å². The van der Waals surface area contributed by atoms with Gasteiger partial charge in [0.15, 0.2) is 17.5 Å². The third-order valence-corrected chi connectivity index (χ3v) is 11.4. The van der Waals surface area contributed by atoms with Crippen molar-refractivity contribution in [2.75, 3.05) is 4.90 Å². The molecule has 1 aliphatic rings. The highest BCUT2D eigenvalue weighted by molar-refractivity contribution is 7.99. The molecule has 0 spiro atoms. The molecule has 6 heteroatoms. The fourth-order valence-electron chi connectivity index (χ4n) is 7.83. The smallest absolute Gasteiger partial charge is 0.164 e. The van der Waals surface area contributed by atoms with E-state index < -0.39 is 0 Å². The van der Waals surface area contributed by atoms with Crippen LogP contribution < -0.4 is 4.90 Å². The molecule has 0 saturated heterocycles. The van der Waals surface area contributed by atoms with Crippen molar-refractivity contribution in [2.45, 2.75) is 9.79 Å². The maximum atomic E-state index is 6.24. The van der Waals surface area contributed by atoms with Crippen LogP contribution in [0.2, 0.25) is 0 Å². The molecule has 0 bridgehead atoms. The first-order valence-corrected chi connectivity index (χ1v) is 19.1. The topological polar surface area (TPSA) is 55.1 Å². The molecule has 2 aromatic heterocycles. The van der Waals surface area contributed by atoms with Crippen molar-refractivity contribution in [1.82, 2.24) is 15.0 Å². The van der Waals surface area contributed by atoms with Crippen LogP contribution in [-0.4, -0.2) is 15.0 Å². The molecule has 0 fully saturated rings. The van der Waals surface area contributed by atoms with Crippen LogP contribution in [0.3, 0.4) is 0 Å². The molecule has 11 rings (SSSR count). The van der Waals surface area contributed by atoms with Crippen molar-refractivity contribution in [3.63, 3.8) is 0 Å². The number of fused-ring (bicyclic) bond motifs is 5. The van der Waals surface area contributed by atoms with Crippen LogP contribution in [0.5, 0.6) is 0 Å². The summed E-state index contributed by atoms with van der Waals surface area (Å²) in [7, 11) is 0. The first-order chi connectivity index (χ1) is 27.3. The zero-order chi connectivity index (χ0) is 36.3. The number of hydrogen-bond acceptors (Lipinski definition) is 6. The van der Waals surface area contributed by atoms with Gasteiger partial charge in [0, 0.05) is 59.6 Å². The summed E-state index contributed by atoms with van der Waals surface area (Å²) in [6, 6.07) is 63.3. The van der Waals surface area contributed by atoms with Crippen molar-refractivity contribution in [3.8, 4) is 45.3 Å². The van der Waals surface area contributed by atoms with Gasteiger partial charge in [-0.3, -0.25) is 0 Å². The van der Waals surface area contributed by atoms with Gasteiger partial charge in [0.25, 0.3) is 0 Å². The lowest BCUT2D eigenvalue weighted by Gasteiger charge is -2.31. The molecular formula is C49H30N4OS. The van der Waals surface area contributed by atoms with Gasteiger partial charge in [-0.15, -0.1) is 0 Å². The largest absolute Gasteiger partial charge is 0.456 e. The van der Waals surface area contributed by atoms with Crippen molar-refractivity contribution >= 4 is 61.5 Å². The molecule has 1 aliphatic heterocycles. The predicted molar refractivity (Wildman–Crippen MR) is 225 cm³/mol. The zero-order valence-electron chi connectivity index (χ0n) is 29.4. The van der Waals surface area contributed by atoms with E-state index in [1.807, 2.05) is 84.6 Å². The highest BCUT2D eigenvalue weighted by Crippen LogP contribution is 2.54. The minimum atomic E-state index is 0.645. The van der Waals surface area contributed by atoms with Gasteiger partial charge in [-0.25, -0.2) is 15.0 Å². The summed E-state index contributed by atoms with van der Waals surface area (Å²) in [4.78, 5) is 20.0. The maximum Gasteiger partial charge on any atom is 0.164 e. The lowest BCUT2D eigenvalue weighted by molar-refractivity contribution is 0.669. The van der Waals surface area contributed by atoms with E-state index in [1.165, 1.54) is 26.3 Å². The van der Waals surface area contributed by atoms with Crippen molar-refractivity contribution in [3.05, 3.63) is 182 Å². The molecule has 5 nitrogen and oxygen atoms in total. The average Bonchev–Trinajstić information content (AvgIpc) is 3.63. The normalized spacial score (nSPS) is 11.9. The number of furan rings is 1. The molecule has 0 aliphatic carbocycles. The van der Waals surface area contributed by atoms with Gasteiger partial charge in [-0.05, 0) is 71.6 Å². The van der Waals surface area contributed by atoms with Crippen LogP contribution in [0, 0.1) is 0 Å². The van der Waals surface area contributed by atoms with E-state index in [2.05, 4.69) is 114 Å². The van der Waals surface area contributed by atoms with Crippen LogP contribution in [-0.2, 0) is 0 Å². The Bertz CT molecular complexity index is 3010. The summed E-state index contributed by atoms with van der Waals surface area (Å²) in [5.41, 5.74) is 10.2. The molecule has 0 atom stereocenters. The van der Waals surface area contributed by atoms with E-state index in [1.54, 1.807) is 0 Å². The Morgan fingerprint density at radius 1 is 0.418 bits per heavy atom. The Balaban J connectivity index is 1.12. The van der Waals surface area contributed by atoms with Crippen LogP contribution in [0.1, 0.15) is 0 Å². The summed E-state index contributed by atoms with van der Waals surface area (Å²) in [5, 5.41) is 4.49. The number of hydrogen-bond donors (Lipinski definition) is 0. The fourth-order valence-corrected chi connectivity index (χ4v) is 8.99. The molecule has 0 saturated carbocycles. The quantitative estimate of drug-likeness (QED) is 0.170. The maximum absolute atomic E-state index is 6.24. The monoisotopic (exact) mass is 722 g/mol. The third kappa shape index (κ3) is 5.30. The summed E-state index contributed by atoms with van der Waals surface area (Å²) >= 11 is 1.81. The molecule has 0 radical (unpaired) electrons. The highest BCUT2D eigenvalue weighted by Gasteiger charge is 2.27. The first-order valence-electron chi connectivity index (χ1n) is 18.3. The molecule has 0 amide bonds. The van der Waals surface area contributed by atoms with Gasteiger partial charge in [-0.1, -0.05) is 133 Å². The number of rotatable bonds is 6. The second-order valence-electron chi connectivity index (χ2n) is 13.6. The number of nitrogens with zero attached hydrogens (tertiary/aromatic N) is 4. The number of para-hydroxylation sites is 2. The summed E-state index contributed by atoms with van der Waals surface area (Å²) in [6.45, 7) is 0.